The van der Waals surface area contributed by atoms with Crippen molar-refractivity contribution in [3.63, 3.8) is 0 Å². The van der Waals surface area contributed by atoms with E-state index in [9.17, 15) is 9.59 Å². The minimum atomic E-state index is -0.00439. The first-order valence-corrected chi connectivity index (χ1v) is 9.27. The molecule has 2 heterocycles. The molecule has 0 saturated carbocycles. The lowest BCUT2D eigenvalue weighted by atomic mass is 9.96. The maximum atomic E-state index is 12.2. The van der Waals surface area contributed by atoms with Crippen molar-refractivity contribution in [1.29, 1.82) is 0 Å². The summed E-state index contributed by atoms with van der Waals surface area (Å²) in [6.45, 7) is 6.86. The Morgan fingerprint density at radius 3 is 2.65 bits per heavy atom. The van der Waals surface area contributed by atoms with Crippen molar-refractivity contribution in [2.45, 2.75) is 33.1 Å². The number of thiophene rings is 1. The number of rotatable bonds is 6. The molecule has 128 valence electrons. The standard InChI is InChI=1S/C17H27N3O2S/c1-13(2)12-19-17(22)20-9-6-14(7-10-20)16(21)18-8-5-15-4-3-11-23-15/h3-4,11,13-14H,5-10,12H2,1-2H3,(H,18,21)(H,19,22). The van der Waals surface area contributed by atoms with Gasteiger partial charge in [-0.05, 0) is 36.6 Å². The molecule has 0 unspecified atom stereocenters. The maximum Gasteiger partial charge on any atom is 0.317 e. The van der Waals surface area contributed by atoms with Crippen molar-refractivity contribution in [2.75, 3.05) is 26.2 Å². The van der Waals surface area contributed by atoms with Crippen molar-refractivity contribution in [3.8, 4) is 0 Å². The number of nitrogens with zero attached hydrogens (tertiary/aromatic N) is 1. The number of amides is 3. The average molecular weight is 337 g/mol. The fourth-order valence-electron chi connectivity index (χ4n) is 2.66. The van der Waals surface area contributed by atoms with Crippen LogP contribution in [0.2, 0.25) is 0 Å². The van der Waals surface area contributed by atoms with Crippen molar-refractivity contribution in [3.05, 3.63) is 22.4 Å². The summed E-state index contributed by atoms with van der Waals surface area (Å²) in [5, 5.41) is 8.01. The fourth-order valence-corrected chi connectivity index (χ4v) is 3.37. The molecule has 2 rings (SSSR count). The lowest BCUT2D eigenvalue weighted by Gasteiger charge is -2.31. The van der Waals surface area contributed by atoms with Gasteiger partial charge in [0.05, 0.1) is 0 Å². The minimum absolute atomic E-state index is 0.00439. The quantitative estimate of drug-likeness (QED) is 0.838. The van der Waals surface area contributed by atoms with Gasteiger partial charge in [0, 0.05) is 37.0 Å². The maximum absolute atomic E-state index is 12.2. The summed E-state index contributed by atoms with van der Waals surface area (Å²) in [4.78, 5) is 27.3. The Bertz CT molecular complexity index is 494. The molecule has 1 aliphatic rings. The lowest BCUT2D eigenvalue weighted by molar-refractivity contribution is -0.126. The number of hydrogen-bond acceptors (Lipinski definition) is 3. The number of likely N-dealkylation sites (tertiary alicyclic amines) is 1. The van der Waals surface area contributed by atoms with Gasteiger partial charge in [-0.15, -0.1) is 11.3 Å². The van der Waals surface area contributed by atoms with Crippen LogP contribution in [0.5, 0.6) is 0 Å². The summed E-state index contributed by atoms with van der Waals surface area (Å²) >= 11 is 1.72. The van der Waals surface area contributed by atoms with Crippen LogP contribution in [0.4, 0.5) is 4.79 Å². The summed E-state index contributed by atoms with van der Waals surface area (Å²) < 4.78 is 0. The third kappa shape index (κ3) is 5.86. The van der Waals surface area contributed by atoms with Crippen LogP contribution < -0.4 is 10.6 Å². The Labute approximate surface area is 142 Å². The molecule has 1 aromatic rings. The van der Waals surface area contributed by atoms with Gasteiger partial charge in [-0.1, -0.05) is 19.9 Å². The number of piperidine rings is 1. The topological polar surface area (TPSA) is 61.4 Å². The Kier molecular flexibility index (Phi) is 6.89. The molecule has 1 aliphatic heterocycles. The molecule has 1 saturated heterocycles. The largest absolute Gasteiger partial charge is 0.355 e. The molecule has 1 aromatic heterocycles. The first-order valence-electron chi connectivity index (χ1n) is 8.39. The second-order valence-electron chi connectivity index (χ2n) is 6.46. The zero-order chi connectivity index (χ0) is 16.7. The van der Waals surface area contributed by atoms with E-state index in [0.717, 1.165) is 19.3 Å². The van der Waals surface area contributed by atoms with Crippen LogP contribution in [-0.4, -0.2) is 43.0 Å². The summed E-state index contributed by atoms with van der Waals surface area (Å²) in [6.07, 6.45) is 2.39. The molecule has 0 atom stereocenters. The van der Waals surface area contributed by atoms with E-state index in [2.05, 4.69) is 35.9 Å². The Morgan fingerprint density at radius 2 is 2.04 bits per heavy atom. The van der Waals surface area contributed by atoms with E-state index in [-0.39, 0.29) is 17.9 Å². The molecule has 6 heteroatoms. The number of hydrogen-bond donors (Lipinski definition) is 2. The normalized spacial score (nSPS) is 15.7. The van der Waals surface area contributed by atoms with Crippen LogP contribution >= 0.6 is 11.3 Å². The molecular weight excluding hydrogens is 310 g/mol. The molecule has 2 N–H and O–H groups in total. The molecule has 0 spiro atoms. The van der Waals surface area contributed by atoms with Crippen molar-refractivity contribution in [2.24, 2.45) is 11.8 Å². The molecule has 3 amide bonds. The predicted octanol–water partition coefficient (Wildman–Crippen LogP) is 2.48. The van der Waals surface area contributed by atoms with Gasteiger partial charge in [-0.3, -0.25) is 4.79 Å². The SMILES string of the molecule is CC(C)CNC(=O)N1CCC(C(=O)NCCc2cccs2)CC1. The molecule has 0 aromatic carbocycles. The monoisotopic (exact) mass is 337 g/mol. The summed E-state index contributed by atoms with van der Waals surface area (Å²) in [7, 11) is 0. The van der Waals surface area contributed by atoms with Gasteiger partial charge in [-0.2, -0.15) is 0 Å². The summed E-state index contributed by atoms with van der Waals surface area (Å²) in [5.74, 6) is 0.613. The predicted molar refractivity (Wildman–Crippen MR) is 93.6 cm³/mol. The Morgan fingerprint density at radius 1 is 1.30 bits per heavy atom. The molecule has 0 bridgehead atoms. The van der Waals surface area contributed by atoms with Crippen LogP contribution in [0, 0.1) is 11.8 Å². The number of urea groups is 1. The summed E-state index contributed by atoms with van der Waals surface area (Å²) in [6, 6.07) is 4.11. The highest BCUT2D eigenvalue weighted by Crippen LogP contribution is 2.17. The van der Waals surface area contributed by atoms with Crippen LogP contribution in [0.25, 0.3) is 0 Å². The average Bonchev–Trinajstić information content (AvgIpc) is 3.06. The van der Waals surface area contributed by atoms with E-state index < -0.39 is 0 Å². The number of nitrogens with one attached hydrogen (secondary N) is 2. The highest BCUT2D eigenvalue weighted by molar-refractivity contribution is 7.09. The van der Waals surface area contributed by atoms with E-state index in [0.29, 0.717) is 32.1 Å². The molecule has 0 aliphatic carbocycles. The number of carbonyl (C=O) groups excluding carboxylic acids is 2. The van der Waals surface area contributed by atoms with Crippen molar-refractivity contribution < 1.29 is 9.59 Å². The van der Waals surface area contributed by atoms with Gasteiger partial charge in [-0.25, -0.2) is 4.79 Å². The smallest absolute Gasteiger partial charge is 0.317 e. The first kappa shape index (κ1) is 17.8. The van der Waals surface area contributed by atoms with E-state index in [1.807, 2.05) is 11.0 Å². The second kappa shape index (κ2) is 8.91. The minimum Gasteiger partial charge on any atom is -0.355 e. The zero-order valence-corrected chi connectivity index (χ0v) is 14.8. The van der Waals surface area contributed by atoms with Gasteiger partial charge in [0.15, 0.2) is 0 Å². The third-order valence-corrected chi connectivity index (χ3v) is 5.00. The number of carbonyl (C=O) groups is 2. The molecule has 1 fully saturated rings. The molecule has 23 heavy (non-hydrogen) atoms. The zero-order valence-electron chi connectivity index (χ0n) is 14.0. The van der Waals surface area contributed by atoms with E-state index >= 15 is 0 Å². The van der Waals surface area contributed by atoms with Gasteiger partial charge >= 0.3 is 6.03 Å². The van der Waals surface area contributed by atoms with E-state index in [4.69, 9.17) is 0 Å². The first-order chi connectivity index (χ1) is 11.1. The second-order valence-corrected chi connectivity index (χ2v) is 7.49. The van der Waals surface area contributed by atoms with E-state index in [1.54, 1.807) is 11.3 Å². The fraction of sp³-hybridized carbons (Fsp3) is 0.647. The Hall–Kier alpha value is -1.56. The van der Waals surface area contributed by atoms with Gasteiger partial charge in [0.2, 0.25) is 5.91 Å². The van der Waals surface area contributed by atoms with Crippen molar-refractivity contribution >= 4 is 23.3 Å². The summed E-state index contributed by atoms with van der Waals surface area (Å²) in [5.41, 5.74) is 0. The van der Waals surface area contributed by atoms with Crippen LogP contribution in [-0.2, 0) is 11.2 Å². The van der Waals surface area contributed by atoms with Crippen LogP contribution in [0.3, 0.4) is 0 Å². The van der Waals surface area contributed by atoms with Gasteiger partial charge in [0.1, 0.15) is 0 Å². The third-order valence-electron chi connectivity index (χ3n) is 4.07. The molecule has 5 nitrogen and oxygen atoms in total. The Balaban J connectivity index is 1.65. The highest BCUT2D eigenvalue weighted by Gasteiger charge is 2.27. The van der Waals surface area contributed by atoms with Crippen LogP contribution in [0.15, 0.2) is 17.5 Å². The van der Waals surface area contributed by atoms with Gasteiger partial charge in [0.25, 0.3) is 0 Å². The highest BCUT2D eigenvalue weighted by atomic mass is 32.1. The molecule has 0 radical (unpaired) electrons. The molecular formula is C17H27N3O2S. The van der Waals surface area contributed by atoms with E-state index in [1.165, 1.54) is 4.88 Å². The van der Waals surface area contributed by atoms with Crippen LogP contribution in [0.1, 0.15) is 31.6 Å². The van der Waals surface area contributed by atoms with Crippen molar-refractivity contribution in [1.82, 2.24) is 15.5 Å². The van der Waals surface area contributed by atoms with Gasteiger partial charge < -0.3 is 15.5 Å². The lowest BCUT2D eigenvalue weighted by Crippen LogP contribution is -2.47.